The molecule has 126 valence electrons. The Hall–Kier alpha value is -0.870. The summed E-state index contributed by atoms with van der Waals surface area (Å²) in [5.41, 5.74) is 1.34. The Morgan fingerprint density at radius 1 is 1.22 bits per heavy atom. The zero-order valence-corrected chi connectivity index (χ0v) is 15.6. The van der Waals surface area contributed by atoms with Crippen LogP contribution in [0.5, 0.6) is 0 Å². The zero-order chi connectivity index (χ0) is 16.2. The Bertz CT molecular complexity index is 540. The van der Waals surface area contributed by atoms with Crippen molar-refractivity contribution in [3.05, 3.63) is 34.3 Å². The minimum absolute atomic E-state index is 0.249. The van der Waals surface area contributed by atoms with E-state index in [4.69, 9.17) is 0 Å². The molecule has 0 N–H and O–H groups in total. The van der Waals surface area contributed by atoms with Gasteiger partial charge in [0.1, 0.15) is 0 Å². The summed E-state index contributed by atoms with van der Waals surface area (Å²) in [4.78, 5) is 17.3. The molecule has 0 radical (unpaired) electrons. The van der Waals surface area contributed by atoms with Gasteiger partial charge in [0.25, 0.3) is 0 Å². The molecule has 4 heteroatoms. The Balaban J connectivity index is 1.49. The van der Waals surface area contributed by atoms with Crippen LogP contribution in [0.3, 0.4) is 0 Å². The van der Waals surface area contributed by atoms with E-state index in [2.05, 4.69) is 56.9 Å². The maximum atomic E-state index is 12.7. The molecular formula is C19H27BrN2O. The van der Waals surface area contributed by atoms with Crippen LogP contribution in [0.25, 0.3) is 0 Å². The summed E-state index contributed by atoms with van der Waals surface area (Å²) in [6, 6.07) is 8.52. The Morgan fingerprint density at radius 3 is 2.70 bits per heavy atom. The molecule has 1 unspecified atom stereocenters. The molecule has 2 aliphatic rings. The van der Waals surface area contributed by atoms with E-state index in [0.717, 1.165) is 50.0 Å². The van der Waals surface area contributed by atoms with E-state index in [-0.39, 0.29) is 5.92 Å². The number of halogens is 1. The van der Waals surface area contributed by atoms with Gasteiger partial charge in [-0.25, -0.2) is 0 Å². The summed E-state index contributed by atoms with van der Waals surface area (Å²) in [6.07, 6.45) is 4.47. The molecule has 2 heterocycles. The Morgan fingerprint density at radius 2 is 2.00 bits per heavy atom. The molecule has 0 aliphatic carbocycles. The van der Waals surface area contributed by atoms with Crippen molar-refractivity contribution in [1.82, 2.24) is 9.80 Å². The lowest BCUT2D eigenvalue weighted by atomic mass is 9.92. The van der Waals surface area contributed by atoms with Gasteiger partial charge in [-0.2, -0.15) is 0 Å². The standard InChI is InChI=1S/C19H27BrN2O/c1-15-4-3-9-22(13-15)19(23)17-7-10-21(11-8-17)14-16-5-2-6-18(20)12-16/h2,5-6,12,15,17H,3-4,7-11,13-14H2,1H3. The minimum atomic E-state index is 0.249. The molecule has 0 saturated carbocycles. The SMILES string of the molecule is CC1CCCN(C(=O)C2CCN(Cc3cccc(Br)c3)CC2)C1. The number of piperidine rings is 2. The second-order valence-corrected chi connectivity index (χ2v) is 8.13. The van der Waals surface area contributed by atoms with Crippen LogP contribution in [0.1, 0.15) is 38.2 Å². The first kappa shape index (κ1) is 17.0. The lowest BCUT2D eigenvalue weighted by molar-refractivity contribution is -0.138. The fourth-order valence-electron chi connectivity index (χ4n) is 3.88. The molecule has 2 aliphatic heterocycles. The smallest absolute Gasteiger partial charge is 0.225 e. The van der Waals surface area contributed by atoms with Gasteiger partial charge >= 0.3 is 0 Å². The first-order valence-electron chi connectivity index (χ1n) is 8.87. The van der Waals surface area contributed by atoms with E-state index < -0.39 is 0 Å². The van der Waals surface area contributed by atoms with E-state index >= 15 is 0 Å². The van der Waals surface area contributed by atoms with Crippen molar-refractivity contribution in [3.63, 3.8) is 0 Å². The van der Waals surface area contributed by atoms with Gasteiger partial charge in [0.15, 0.2) is 0 Å². The lowest BCUT2D eigenvalue weighted by Gasteiger charge is -2.37. The van der Waals surface area contributed by atoms with Crippen LogP contribution in [-0.2, 0) is 11.3 Å². The first-order valence-corrected chi connectivity index (χ1v) is 9.66. The normalized spacial score (nSPS) is 23.9. The number of carbonyl (C=O) groups is 1. The molecule has 0 spiro atoms. The number of hydrogen-bond donors (Lipinski definition) is 0. The van der Waals surface area contributed by atoms with Crippen molar-refractivity contribution in [1.29, 1.82) is 0 Å². The summed E-state index contributed by atoms with van der Waals surface area (Å²) < 4.78 is 1.14. The van der Waals surface area contributed by atoms with E-state index in [0.29, 0.717) is 11.8 Å². The summed E-state index contributed by atoms with van der Waals surface area (Å²) in [6.45, 7) is 7.26. The first-order chi connectivity index (χ1) is 11.1. The van der Waals surface area contributed by atoms with Gasteiger partial charge in [0.05, 0.1) is 0 Å². The molecule has 2 saturated heterocycles. The van der Waals surface area contributed by atoms with E-state index in [1.807, 2.05) is 0 Å². The third kappa shape index (κ3) is 4.57. The third-order valence-corrected chi connectivity index (χ3v) is 5.69. The zero-order valence-electron chi connectivity index (χ0n) is 14.0. The van der Waals surface area contributed by atoms with Crippen LogP contribution in [-0.4, -0.2) is 41.9 Å². The second kappa shape index (κ2) is 7.80. The van der Waals surface area contributed by atoms with Crippen molar-refractivity contribution in [2.75, 3.05) is 26.2 Å². The molecule has 1 aromatic carbocycles. The molecule has 1 aromatic rings. The van der Waals surface area contributed by atoms with Crippen molar-refractivity contribution in [3.8, 4) is 0 Å². The lowest BCUT2D eigenvalue weighted by Crippen LogP contribution is -2.45. The van der Waals surface area contributed by atoms with Crippen LogP contribution in [0.2, 0.25) is 0 Å². The molecule has 2 fully saturated rings. The molecule has 3 rings (SSSR count). The van der Waals surface area contributed by atoms with Gasteiger partial charge < -0.3 is 4.90 Å². The van der Waals surface area contributed by atoms with Crippen LogP contribution in [0.15, 0.2) is 28.7 Å². The van der Waals surface area contributed by atoms with Gasteiger partial charge in [-0.15, -0.1) is 0 Å². The van der Waals surface area contributed by atoms with Crippen molar-refractivity contribution < 1.29 is 4.79 Å². The highest BCUT2D eigenvalue weighted by Gasteiger charge is 2.30. The van der Waals surface area contributed by atoms with Gasteiger partial charge in [-0.05, 0) is 62.4 Å². The maximum absolute atomic E-state index is 12.7. The van der Waals surface area contributed by atoms with Crippen LogP contribution >= 0.6 is 15.9 Å². The third-order valence-electron chi connectivity index (χ3n) is 5.20. The second-order valence-electron chi connectivity index (χ2n) is 7.21. The number of benzene rings is 1. The van der Waals surface area contributed by atoms with Crippen LogP contribution < -0.4 is 0 Å². The van der Waals surface area contributed by atoms with E-state index in [9.17, 15) is 4.79 Å². The Labute approximate surface area is 148 Å². The number of amides is 1. The molecular weight excluding hydrogens is 352 g/mol. The number of nitrogens with zero attached hydrogens (tertiary/aromatic N) is 2. The molecule has 1 amide bonds. The molecule has 0 aromatic heterocycles. The van der Waals surface area contributed by atoms with Crippen molar-refractivity contribution in [2.45, 2.75) is 39.2 Å². The van der Waals surface area contributed by atoms with Crippen LogP contribution in [0, 0.1) is 11.8 Å². The molecule has 23 heavy (non-hydrogen) atoms. The number of hydrogen-bond acceptors (Lipinski definition) is 2. The average molecular weight is 379 g/mol. The summed E-state index contributed by atoms with van der Waals surface area (Å²) in [7, 11) is 0. The number of likely N-dealkylation sites (tertiary alicyclic amines) is 2. The summed E-state index contributed by atoms with van der Waals surface area (Å²) >= 11 is 3.54. The number of rotatable bonds is 3. The Kier molecular flexibility index (Phi) is 5.76. The van der Waals surface area contributed by atoms with Gasteiger partial charge in [-0.1, -0.05) is 35.0 Å². The van der Waals surface area contributed by atoms with Gasteiger partial charge in [-0.3, -0.25) is 9.69 Å². The van der Waals surface area contributed by atoms with Crippen molar-refractivity contribution in [2.24, 2.45) is 11.8 Å². The van der Waals surface area contributed by atoms with E-state index in [1.54, 1.807) is 0 Å². The molecule has 3 nitrogen and oxygen atoms in total. The fourth-order valence-corrected chi connectivity index (χ4v) is 4.33. The highest BCUT2D eigenvalue weighted by Crippen LogP contribution is 2.24. The largest absolute Gasteiger partial charge is 0.342 e. The number of carbonyl (C=O) groups excluding carboxylic acids is 1. The highest BCUT2D eigenvalue weighted by molar-refractivity contribution is 9.10. The predicted octanol–water partition coefficient (Wildman–Crippen LogP) is 3.92. The van der Waals surface area contributed by atoms with Crippen LogP contribution in [0.4, 0.5) is 0 Å². The fraction of sp³-hybridized carbons (Fsp3) is 0.632. The minimum Gasteiger partial charge on any atom is -0.342 e. The average Bonchev–Trinajstić information content (AvgIpc) is 2.55. The van der Waals surface area contributed by atoms with Gasteiger partial charge in [0.2, 0.25) is 5.91 Å². The topological polar surface area (TPSA) is 23.6 Å². The highest BCUT2D eigenvalue weighted by atomic mass is 79.9. The van der Waals surface area contributed by atoms with Crippen molar-refractivity contribution >= 4 is 21.8 Å². The molecule has 1 atom stereocenters. The maximum Gasteiger partial charge on any atom is 0.225 e. The quantitative estimate of drug-likeness (QED) is 0.795. The predicted molar refractivity (Wildman–Crippen MR) is 97.1 cm³/mol. The van der Waals surface area contributed by atoms with E-state index in [1.165, 1.54) is 18.4 Å². The van der Waals surface area contributed by atoms with Gasteiger partial charge in [0, 0.05) is 30.0 Å². The monoisotopic (exact) mass is 378 g/mol. The summed E-state index contributed by atoms with van der Waals surface area (Å²) in [5.74, 6) is 1.34. The summed E-state index contributed by atoms with van der Waals surface area (Å²) in [5, 5.41) is 0. The molecule has 0 bridgehead atoms.